The topological polar surface area (TPSA) is 86.7 Å². The minimum absolute atomic E-state index is 0.0605. The average Bonchev–Trinajstić information content (AvgIpc) is 3.31. The molecule has 2 heterocycles. The number of carbonyl (C=O) groups excluding carboxylic acids is 2. The number of hydrogen-bond acceptors (Lipinski definition) is 3. The number of hydrogen-bond donors (Lipinski definition) is 2. The van der Waals surface area contributed by atoms with Gasteiger partial charge in [0, 0.05) is 12.2 Å². The number of carboxylic acid groups (broad SMARTS) is 1. The monoisotopic (exact) mass is 328 g/mol. The van der Waals surface area contributed by atoms with Crippen LogP contribution in [0.15, 0.2) is 18.2 Å². The van der Waals surface area contributed by atoms with E-state index in [1.54, 1.807) is 0 Å². The van der Waals surface area contributed by atoms with Crippen LogP contribution in [0.4, 0.5) is 5.69 Å². The maximum atomic E-state index is 12.2. The van der Waals surface area contributed by atoms with Crippen LogP contribution in [0, 0.1) is 5.92 Å². The van der Waals surface area contributed by atoms with E-state index in [1.807, 2.05) is 25.1 Å². The zero-order valence-electron chi connectivity index (χ0n) is 13.5. The third-order valence-electron chi connectivity index (χ3n) is 5.64. The van der Waals surface area contributed by atoms with E-state index in [-0.39, 0.29) is 23.3 Å². The third-order valence-corrected chi connectivity index (χ3v) is 5.64. The first-order chi connectivity index (χ1) is 11.4. The molecular formula is C18H20N2O4. The Morgan fingerprint density at radius 1 is 1.29 bits per heavy atom. The molecule has 1 aromatic carbocycles. The highest BCUT2D eigenvalue weighted by molar-refractivity contribution is 6.31. The second kappa shape index (κ2) is 5.06. The number of aliphatic carboxylic acids is 1. The van der Waals surface area contributed by atoms with Crippen LogP contribution in [0.3, 0.4) is 0 Å². The van der Waals surface area contributed by atoms with E-state index in [1.165, 1.54) is 4.90 Å². The standard InChI is InChI=1S/C18H20N2O4/c1-10-2-5-14(20(9-10)15(21)16(22)23)11-3-4-13-12(8-11)18(6-7-18)17(24)19-13/h3-4,8,10,14H,2,5-7,9H2,1H3,(H,19,24)(H,22,23). The highest BCUT2D eigenvalue weighted by Gasteiger charge is 2.56. The second-order valence-corrected chi connectivity index (χ2v) is 7.30. The minimum Gasteiger partial charge on any atom is -0.474 e. The number of piperidine rings is 1. The third kappa shape index (κ3) is 2.12. The Hall–Kier alpha value is -2.37. The Kier molecular flexibility index (Phi) is 3.20. The van der Waals surface area contributed by atoms with E-state index >= 15 is 0 Å². The van der Waals surface area contributed by atoms with Gasteiger partial charge < -0.3 is 15.3 Å². The number of amides is 2. The SMILES string of the molecule is CC1CCC(c2ccc3c(c2)C2(CC2)C(=O)N3)N(C(=O)C(=O)O)C1. The van der Waals surface area contributed by atoms with Crippen LogP contribution in [0.25, 0.3) is 0 Å². The second-order valence-electron chi connectivity index (χ2n) is 7.30. The van der Waals surface area contributed by atoms with Crippen LogP contribution in [0.1, 0.15) is 49.8 Å². The number of nitrogens with zero attached hydrogens (tertiary/aromatic N) is 1. The smallest absolute Gasteiger partial charge is 0.394 e. The fourth-order valence-corrected chi connectivity index (χ4v) is 4.11. The van der Waals surface area contributed by atoms with Gasteiger partial charge in [-0.15, -0.1) is 0 Å². The van der Waals surface area contributed by atoms with Gasteiger partial charge in [0.15, 0.2) is 0 Å². The summed E-state index contributed by atoms with van der Waals surface area (Å²) in [6.45, 7) is 2.48. The summed E-state index contributed by atoms with van der Waals surface area (Å²) in [7, 11) is 0. The van der Waals surface area contributed by atoms with E-state index in [9.17, 15) is 14.4 Å². The molecule has 1 spiro atoms. The van der Waals surface area contributed by atoms with Crippen molar-refractivity contribution in [2.45, 2.75) is 44.1 Å². The predicted octanol–water partition coefficient (Wildman–Crippen LogP) is 2.05. The van der Waals surface area contributed by atoms with Crippen LogP contribution in [-0.2, 0) is 19.8 Å². The number of benzene rings is 1. The average molecular weight is 328 g/mol. The molecule has 2 atom stereocenters. The van der Waals surface area contributed by atoms with E-state index in [2.05, 4.69) is 5.32 Å². The zero-order valence-corrected chi connectivity index (χ0v) is 13.5. The minimum atomic E-state index is -1.41. The quantitative estimate of drug-likeness (QED) is 0.773. The fraction of sp³-hybridized carbons (Fsp3) is 0.500. The number of carbonyl (C=O) groups is 3. The summed E-state index contributed by atoms with van der Waals surface area (Å²) < 4.78 is 0. The van der Waals surface area contributed by atoms with Crippen molar-refractivity contribution in [1.29, 1.82) is 0 Å². The maximum Gasteiger partial charge on any atom is 0.394 e. The van der Waals surface area contributed by atoms with Gasteiger partial charge in [0.05, 0.1) is 11.5 Å². The zero-order chi connectivity index (χ0) is 17.1. The molecule has 1 saturated heterocycles. The Bertz CT molecular complexity index is 753. The van der Waals surface area contributed by atoms with Crippen molar-refractivity contribution in [2.75, 3.05) is 11.9 Å². The lowest BCUT2D eigenvalue weighted by atomic mass is 9.87. The van der Waals surface area contributed by atoms with Crippen LogP contribution < -0.4 is 5.32 Å². The van der Waals surface area contributed by atoms with Crippen molar-refractivity contribution in [1.82, 2.24) is 4.90 Å². The molecule has 126 valence electrons. The van der Waals surface area contributed by atoms with Gasteiger partial charge in [-0.3, -0.25) is 9.59 Å². The predicted molar refractivity (Wildman–Crippen MR) is 86.5 cm³/mol. The molecule has 0 bridgehead atoms. The fourth-order valence-electron chi connectivity index (χ4n) is 4.11. The maximum absolute atomic E-state index is 12.2. The molecule has 1 saturated carbocycles. The highest BCUT2D eigenvalue weighted by Crippen LogP contribution is 2.55. The van der Waals surface area contributed by atoms with Crippen molar-refractivity contribution in [2.24, 2.45) is 5.92 Å². The van der Waals surface area contributed by atoms with Crippen LogP contribution >= 0.6 is 0 Å². The van der Waals surface area contributed by atoms with Crippen LogP contribution in [-0.4, -0.2) is 34.3 Å². The molecule has 4 rings (SSSR count). The number of anilines is 1. The molecule has 24 heavy (non-hydrogen) atoms. The molecule has 0 radical (unpaired) electrons. The molecule has 6 heteroatoms. The number of fused-ring (bicyclic) bond motifs is 2. The largest absolute Gasteiger partial charge is 0.474 e. The highest BCUT2D eigenvalue weighted by atomic mass is 16.4. The molecule has 6 nitrogen and oxygen atoms in total. The van der Waals surface area contributed by atoms with Crippen LogP contribution in [0.2, 0.25) is 0 Å². The van der Waals surface area contributed by atoms with Crippen molar-refractivity contribution in [3.05, 3.63) is 29.3 Å². The molecule has 2 fully saturated rings. The molecule has 2 aliphatic heterocycles. The van der Waals surface area contributed by atoms with Gasteiger partial charge >= 0.3 is 11.9 Å². The number of carboxylic acids is 1. The Morgan fingerprint density at radius 3 is 2.71 bits per heavy atom. The molecule has 2 amide bonds. The molecule has 1 aromatic rings. The van der Waals surface area contributed by atoms with E-state index in [0.717, 1.165) is 42.5 Å². The Morgan fingerprint density at radius 2 is 2.04 bits per heavy atom. The molecule has 2 N–H and O–H groups in total. The van der Waals surface area contributed by atoms with E-state index < -0.39 is 11.9 Å². The van der Waals surface area contributed by atoms with Crippen molar-refractivity contribution in [3.63, 3.8) is 0 Å². The van der Waals surface area contributed by atoms with E-state index in [0.29, 0.717) is 6.54 Å². The Labute approximate surface area is 139 Å². The normalized spacial score (nSPS) is 26.9. The summed E-state index contributed by atoms with van der Waals surface area (Å²) in [5, 5.41) is 12.0. The first kappa shape index (κ1) is 15.2. The van der Waals surface area contributed by atoms with Gasteiger partial charge in [0.25, 0.3) is 0 Å². The van der Waals surface area contributed by atoms with Gasteiger partial charge in [-0.25, -0.2) is 4.79 Å². The first-order valence-corrected chi connectivity index (χ1v) is 8.42. The molecule has 0 aromatic heterocycles. The van der Waals surface area contributed by atoms with Crippen molar-refractivity contribution in [3.8, 4) is 0 Å². The lowest BCUT2D eigenvalue weighted by Crippen LogP contribution is -2.44. The molecule has 3 aliphatic rings. The number of likely N-dealkylation sites (tertiary alicyclic amines) is 1. The summed E-state index contributed by atoms with van der Waals surface area (Å²) in [4.78, 5) is 36.9. The summed E-state index contributed by atoms with van der Waals surface area (Å²) in [6.07, 6.45) is 3.41. The van der Waals surface area contributed by atoms with Gasteiger partial charge in [-0.1, -0.05) is 19.1 Å². The lowest BCUT2D eigenvalue weighted by Gasteiger charge is -2.38. The number of nitrogens with one attached hydrogen (secondary N) is 1. The Balaban J connectivity index is 1.70. The van der Waals surface area contributed by atoms with Crippen molar-refractivity contribution < 1.29 is 19.5 Å². The van der Waals surface area contributed by atoms with Crippen LogP contribution in [0.5, 0.6) is 0 Å². The summed E-state index contributed by atoms with van der Waals surface area (Å²) in [6, 6.07) is 5.56. The van der Waals surface area contributed by atoms with Gasteiger partial charge in [0.2, 0.25) is 5.91 Å². The van der Waals surface area contributed by atoms with Gasteiger partial charge in [0.1, 0.15) is 0 Å². The lowest BCUT2D eigenvalue weighted by molar-refractivity contribution is -0.158. The molecular weight excluding hydrogens is 308 g/mol. The molecule has 2 unspecified atom stereocenters. The molecule has 1 aliphatic carbocycles. The van der Waals surface area contributed by atoms with Gasteiger partial charge in [-0.2, -0.15) is 0 Å². The van der Waals surface area contributed by atoms with Crippen molar-refractivity contribution >= 4 is 23.5 Å². The summed E-state index contributed by atoms with van der Waals surface area (Å²) in [5.74, 6) is -1.91. The first-order valence-electron chi connectivity index (χ1n) is 8.42. The summed E-state index contributed by atoms with van der Waals surface area (Å²) in [5.41, 5.74) is 2.40. The van der Waals surface area contributed by atoms with E-state index in [4.69, 9.17) is 5.11 Å². The summed E-state index contributed by atoms with van der Waals surface area (Å²) >= 11 is 0. The van der Waals surface area contributed by atoms with Gasteiger partial charge in [-0.05, 0) is 48.8 Å². The number of rotatable bonds is 1.